The van der Waals surface area contributed by atoms with E-state index in [1.807, 2.05) is 41.8 Å². The molecule has 140 valence electrons. The number of carbonyl (C=O) groups excluding carboxylic acids is 2. The van der Waals surface area contributed by atoms with Crippen molar-refractivity contribution in [1.82, 2.24) is 9.38 Å². The number of fused-ring (bicyclic) bond motifs is 1. The first kappa shape index (κ1) is 18.9. The van der Waals surface area contributed by atoms with Crippen molar-refractivity contribution in [3.8, 4) is 11.3 Å². The van der Waals surface area contributed by atoms with E-state index in [0.29, 0.717) is 28.8 Å². The molecule has 1 N–H and O–H groups in total. The zero-order chi connectivity index (χ0) is 19.4. The molecule has 0 aliphatic heterocycles. The maximum absolute atomic E-state index is 12.4. The van der Waals surface area contributed by atoms with Crippen molar-refractivity contribution in [1.29, 1.82) is 0 Å². The highest BCUT2D eigenvalue weighted by Crippen LogP contribution is 2.30. The number of amides is 1. The zero-order valence-corrected chi connectivity index (χ0v) is 15.9. The first-order chi connectivity index (χ1) is 13.0. The largest absolute Gasteiger partial charge is 0.466 e. The Morgan fingerprint density at radius 3 is 2.78 bits per heavy atom. The summed E-state index contributed by atoms with van der Waals surface area (Å²) in [6.45, 7) is 3.99. The molecule has 2 heterocycles. The normalized spacial score (nSPS) is 10.8. The fourth-order valence-corrected chi connectivity index (χ4v) is 2.94. The maximum atomic E-state index is 12.4. The van der Waals surface area contributed by atoms with Crippen molar-refractivity contribution < 1.29 is 14.3 Å². The number of rotatable bonds is 6. The van der Waals surface area contributed by atoms with Gasteiger partial charge in [0, 0.05) is 23.2 Å². The number of pyridine rings is 1. The van der Waals surface area contributed by atoms with Crippen LogP contribution in [-0.2, 0) is 14.3 Å². The van der Waals surface area contributed by atoms with Gasteiger partial charge in [0.25, 0.3) is 0 Å². The molecule has 0 bridgehead atoms. The van der Waals surface area contributed by atoms with Crippen LogP contribution in [0.2, 0.25) is 5.02 Å². The lowest BCUT2D eigenvalue weighted by Gasteiger charge is -2.08. The highest BCUT2D eigenvalue weighted by atomic mass is 35.5. The number of benzene rings is 1. The molecule has 0 unspecified atom stereocenters. The Balaban J connectivity index is 1.94. The van der Waals surface area contributed by atoms with Crippen LogP contribution in [0.25, 0.3) is 16.9 Å². The Kier molecular flexibility index (Phi) is 5.76. The van der Waals surface area contributed by atoms with Crippen LogP contribution in [0, 0.1) is 6.92 Å². The summed E-state index contributed by atoms with van der Waals surface area (Å²) in [6, 6.07) is 11.1. The average Bonchev–Trinajstić information content (AvgIpc) is 2.98. The van der Waals surface area contributed by atoms with Crippen molar-refractivity contribution in [2.75, 3.05) is 11.9 Å². The van der Waals surface area contributed by atoms with Crippen molar-refractivity contribution in [2.45, 2.75) is 26.7 Å². The molecule has 0 radical (unpaired) electrons. The summed E-state index contributed by atoms with van der Waals surface area (Å²) < 4.78 is 6.70. The lowest BCUT2D eigenvalue weighted by molar-refractivity contribution is -0.144. The average molecular weight is 386 g/mol. The third kappa shape index (κ3) is 4.46. The fraction of sp³-hybridized carbons (Fsp3) is 0.250. The molecule has 3 aromatic rings. The first-order valence-electron chi connectivity index (χ1n) is 8.68. The van der Waals surface area contributed by atoms with Crippen LogP contribution >= 0.6 is 11.6 Å². The number of ether oxygens (including phenoxy) is 1. The molecule has 0 fully saturated rings. The monoisotopic (exact) mass is 385 g/mol. The smallest absolute Gasteiger partial charge is 0.306 e. The molecule has 1 aromatic carbocycles. The molecule has 0 aliphatic rings. The summed E-state index contributed by atoms with van der Waals surface area (Å²) in [5.41, 5.74) is 3.15. The number of aromatic nitrogens is 2. The van der Waals surface area contributed by atoms with Crippen LogP contribution in [0.4, 0.5) is 5.82 Å². The Morgan fingerprint density at radius 2 is 2.04 bits per heavy atom. The van der Waals surface area contributed by atoms with E-state index >= 15 is 0 Å². The number of imidazole rings is 1. The standard InChI is InChI=1S/C20H20ClN3O3/c1-3-27-18(26)10-9-17(25)23-20-19(14-5-4-6-15(21)11-14)22-16-8-7-13(2)12-24(16)20/h4-8,11-12H,3,9-10H2,1-2H3,(H,23,25). The Morgan fingerprint density at radius 1 is 1.22 bits per heavy atom. The summed E-state index contributed by atoms with van der Waals surface area (Å²) in [5.74, 6) is -0.129. The number of carbonyl (C=O) groups is 2. The summed E-state index contributed by atoms with van der Waals surface area (Å²) in [6.07, 6.45) is 1.96. The molecule has 27 heavy (non-hydrogen) atoms. The van der Waals surface area contributed by atoms with Gasteiger partial charge in [0.1, 0.15) is 17.2 Å². The number of nitrogens with one attached hydrogen (secondary N) is 1. The van der Waals surface area contributed by atoms with Crippen LogP contribution in [-0.4, -0.2) is 27.9 Å². The third-order valence-corrected chi connectivity index (χ3v) is 4.22. The van der Waals surface area contributed by atoms with Crippen molar-refractivity contribution in [3.05, 3.63) is 53.2 Å². The van der Waals surface area contributed by atoms with Crippen LogP contribution < -0.4 is 5.32 Å². The van der Waals surface area contributed by atoms with Gasteiger partial charge in [-0.2, -0.15) is 0 Å². The van der Waals surface area contributed by atoms with Gasteiger partial charge in [-0.1, -0.05) is 29.8 Å². The molecule has 0 saturated carbocycles. The third-order valence-electron chi connectivity index (χ3n) is 3.98. The Bertz CT molecular complexity index is 997. The number of halogens is 1. The predicted octanol–water partition coefficient (Wildman–Crippen LogP) is 4.24. The topological polar surface area (TPSA) is 72.7 Å². The number of esters is 1. The summed E-state index contributed by atoms with van der Waals surface area (Å²) in [5, 5.41) is 3.47. The van der Waals surface area contributed by atoms with Crippen molar-refractivity contribution in [3.63, 3.8) is 0 Å². The van der Waals surface area contributed by atoms with E-state index in [1.165, 1.54) is 0 Å². The second-order valence-electron chi connectivity index (χ2n) is 6.11. The van der Waals surface area contributed by atoms with Gasteiger partial charge in [0.2, 0.25) is 5.91 Å². The van der Waals surface area contributed by atoms with E-state index in [2.05, 4.69) is 10.3 Å². The molecular weight excluding hydrogens is 366 g/mol. The predicted molar refractivity (Wildman–Crippen MR) is 105 cm³/mol. The molecular formula is C20H20ClN3O3. The molecule has 2 aromatic heterocycles. The minimum absolute atomic E-state index is 0.0297. The van der Waals surface area contributed by atoms with Crippen molar-refractivity contribution >= 4 is 34.9 Å². The summed E-state index contributed by atoms with van der Waals surface area (Å²) >= 11 is 6.12. The fourth-order valence-electron chi connectivity index (χ4n) is 2.75. The van der Waals surface area contributed by atoms with E-state index in [0.717, 1.165) is 11.1 Å². The van der Waals surface area contributed by atoms with Gasteiger partial charge in [-0.15, -0.1) is 0 Å². The molecule has 0 aliphatic carbocycles. The van der Waals surface area contributed by atoms with Crippen LogP contribution in [0.15, 0.2) is 42.6 Å². The van der Waals surface area contributed by atoms with Gasteiger partial charge in [-0.25, -0.2) is 4.98 Å². The number of hydrogen-bond donors (Lipinski definition) is 1. The number of hydrogen-bond acceptors (Lipinski definition) is 4. The molecule has 1 amide bonds. The van der Waals surface area contributed by atoms with Crippen LogP contribution in [0.3, 0.4) is 0 Å². The Labute approximate surface area is 162 Å². The van der Waals surface area contributed by atoms with Crippen LogP contribution in [0.5, 0.6) is 0 Å². The van der Waals surface area contributed by atoms with E-state index in [9.17, 15) is 9.59 Å². The highest BCUT2D eigenvalue weighted by Gasteiger charge is 2.17. The second-order valence-corrected chi connectivity index (χ2v) is 6.54. The molecule has 0 saturated heterocycles. The second kappa shape index (κ2) is 8.22. The van der Waals surface area contributed by atoms with Gasteiger partial charge < -0.3 is 10.1 Å². The molecule has 0 atom stereocenters. The summed E-state index contributed by atoms with van der Waals surface area (Å²) in [4.78, 5) is 28.6. The van der Waals surface area contributed by atoms with E-state index < -0.39 is 5.97 Å². The molecule has 0 spiro atoms. The minimum atomic E-state index is -0.392. The number of anilines is 1. The lowest BCUT2D eigenvalue weighted by Crippen LogP contribution is -2.16. The van der Waals surface area contributed by atoms with Gasteiger partial charge in [-0.05, 0) is 37.6 Å². The SMILES string of the molecule is CCOC(=O)CCC(=O)Nc1c(-c2cccc(Cl)c2)nc2ccc(C)cn12. The summed E-state index contributed by atoms with van der Waals surface area (Å²) in [7, 11) is 0. The number of nitrogens with zero attached hydrogens (tertiary/aromatic N) is 2. The first-order valence-corrected chi connectivity index (χ1v) is 9.06. The van der Waals surface area contributed by atoms with Gasteiger partial charge in [0.15, 0.2) is 0 Å². The molecule has 6 nitrogen and oxygen atoms in total. The molecule has 3 rings (SSSR count). The minimum Gasteiger partial charge on any atom is -0.466 e. The zero-order valence-electron chi connectivity index (χ0n) is 15.2. The quantitative estimate of drug-likeness (QED) is 0.644. The maximum Gasteiger partial charge on any atom is 0.306 e. The van der Waals surface area contributed by atoms with Gasteiger partial charge >= 0.3 is 5.97 Å². The van der Waals surface area contributed by atoms with Gasteiger partial charge in [0.05, 0.1) is 13.0 Å². The number of aryl methyl sites for hydroxylation is 1. The highest BCUT2D eigenvalue weighted by molar-refractivity contribution is 6.30. The van der Waals surface area contributed by atoms with E-state index in [1.54, 1.807) is 19.1 Å². The van der Waals surface area contributed by atoms with Crippen molar-refractivity contribution in [2.24, 2.45) is 0 Å². The molecule has 7 heteroatoms. The van der Waals surface area contributed by atoms with Gasteiger partial charge in [-0.3, -0.25) is 14.0 Å². The Hall–Kier alpha value is -2.86. The van der Waals surface area contributed by atoms with E-state index in [-0.39, 0.29) is 18.7 Å². The lowest BCUT2D eigenvalue weighted by atomic mass is 10.1. The van der Waals surface area contributed by atoms with Crippen LogP contribution in [0.1, 0.15) is 25.3 Å². The van der Waals surface area contributed by atoms with E-state index in [4.69, 9.17) is 16.3 Å².